The van der Waals surface area contributed by atoms with Crippen molar-refractivity contribution in [2.24, 2.45) is 0 Å². The summed E-state index contributed by atoms with van der Waals surface area (Å²) in [6.07, 6.45) is 0.927. The summed E-state index contributed by atoms with van der Waals surface area (Å²) in [5.74, 6) is 0.716. The van der Waals surface area contributed by atoms with Crippen molar-refractivity contribution in [2.75, 3.05) is 28.4 Å². The van der Waals surface area contributed by atoms with Crippen LogP contribution in [0.5, 0.6) is 23.0 Å². The molecule has 0 fully saturated rings. The molecular weight excluding hydrogens is 402 g/mol. The average molecular weight is 423 g/mol. The zero-order chi connectivity index (χ0) is 21.6. The Balaban J connectivity index is 2.55. The largest absolute Gasteiger partial charge is 0.497 e. The van der Waals surface area contributed by atoms with E-state index in [4.69, 9.17) is 18.9 Å². The molecule has 10 heteroatoms. The molecule has 0 aromatic heterocycles. The highest BCUT2D eigenvalue weighted by molar-refractivity contribution is 7.94. The molecule has 0 spiro atoms. The molecule has 29 heavy (non-hydrogen) atoms. The third-order valence-electron chi connectivity index (χ3n) is 4.04. The van der Waals surface area contributed by atoms with Crippen LogP contribution in [-0.4, -0.2) is 41.8 Å². The van der Waals surface area contributed by atoms with Crippen molar-refractivity contribution < 1.29 is 32.3 Å². The van der Waals surface area contributed by atoms with Crippen LogP contribution in [0.15, 0.2) is 41.4 Å². The van der Waals surface area contributed by atoms with Crippen LogP contribution in [0.3, 0.4) is 0 Å². The third-order valence-corrected chi connectivity index (χ3v) is 5.65. The van der Waals surface area contributed by atoms with Gasteiger partial charge < -0.3 is 18.9 Å². The maximum absolute atomic E-state index is 12.8. The van der Waals surface area contributed by atoms with E-state index >= 15 is 0 Å². The Labute approximate surface area is 168 Å². The molecule has 0 aliphatic carbocycles. The number of nitrogens with zero attached hydrogens (tertiary/aromatic N) is 1. The minimum atomic E-state index is -4.28. The van der Waals surface area contributed by atoms with Crippen LogP contribution in [0.25, 0.3) is 6.08 Å². The molecule has 0 atom stereocenters. The van der Waals surface area contributed by atoms with Gasteiger partial charge in [-0.3, -0.25) is 10.1 Å². The van der Waals surface area contributed by atoms with Gasteiger partial charge in [-0.1, -0.05) is 12.1 Å². The van der Waals surface area contributed by atoms with Gasteiger partial charge in [0.05, 0.1) is 44.7 Å². The van der Waals surface area contributed by atoms with Gasteiger partial charge >= 0.3 is 5.03 Å². The topological polar surface area (TPSA) is 114 Å². The van der Waals surface area contributed by atoms with Gasteiger partial charge in [-0.05, 0) is 17.7 Å². The fraction of sp³-hybridized carbons (Fsp3) is 0.263. The van der Waals surface area contributed by atoms with Crippen molar-refractivity contribution in [3.05, 3.63) is 62.7 Å². The maximum atomic E-state index is 12.8. The minimum absolute atomic E-state index is 0.112. The summed E-state index contributed by atoms with van der Waals surface area (Å²) < 4.78 is 46.2. The molecular formula is C19H21NO8S. The van der Waals surface area contributed by atoms with Gasteiger partial charge in [-0.2, -0.15) is 0 Å². The molecule has 0 aliphatic rings. The molecule has 2 aromatic rings. The van der Waals surface area contributed by atoms with Crippen LogP contribution >= 0.6 is 0 Å². The Morgan fingerprint density at radius 1 is 0.931 bits per heavy atom. The second-order valence-electron chi connectivity index (χ2n) is 5.79. The van der Waals surface area contributed by atoms with Crippen LogP contribution in [0.1, 0.15) is 11.1 Å². The van der Waals surface area contributed by atoms with Crippen LogP contribution < -0.4 is 18.9 Å². The summed E-state index contributed by atoms with van der Waals surface area (Å²) in [5, 5.41) is 10.6. The molecule has 0 aliphatic heterocycles. The molecule has 0 unspecified atom stereocenters. The minimum Gasteiger partial charge on any atom is -0.497 e. The first-order chi connectivity index (χ1) is 13.7. The number of rotatable bonds is 9. The van der Waals surface area contributed by atoms with E-state index < -0.39 is 25.5 Å². The molecule has 0 saturated heterocycles. The summed E-state index contributed by atoms with van der Waals surface area (Å²) in [6.45, 7) is 0. The van der Waals surface area contributed by atoms with E-state index in [1.54, 1.807) is 12.1 Å². The highest BCUT2D eigenvalue weighted by Gasteiger charge is 2.31. The lowest BCUT2D eigenvalue weighted by atomic mass is 10.1. The molecule has 2 aromatic carbocycles. The van der Waals surface area contributed by atoms with E-state index in [9.17, 15) is 18.5 Å². The number of benzene rings is 2. The van der Waals surface area contributed by atoms with Crippen molar-refractivity contribution in [1.82, 2.24) is 0 Å². The highest BCUT2D eigenvalue weighted by Crippen LogP contribution is 2.36. The molecule has 0 heterocycles. The zero-order valence-electron chi connectivity index (χ0n) is 16.4. The van der Waals surface area contributed by atoms with Crippen molar-refractivity contribution in [3.63, 3.8) is 0 Å². The van der Waals surface area contributed by atoms with E-state index in [0.717, 1.165) is 6.08 Å². The monoisotopic (exact) mass is 423 g/mol. The fourth-order valence-electron chi connectivity index (χ4n) is 2.57. The molecule has 9 nitrogen and oxygen atoms in total. The van der Waals surface area contributed by atoms with Crippen molar-refractivity contribution in [2.45, 2.75) is 5.75 Å². The Bertz CT molecular complexity index is 988. The number of hydrogen-bond acceptors (Lipinski definition) is 8. The van der Waals surface area contributed by atoms with E-state index in [1.165, 1.54) is 52.7 Å². The fourth-order valence-corrected chi connectivity index (χ4v) is 3.87. The molecule has 156 valence electrons. The standard InChI is InChI=1S/C19H21NO8S/c1-25-14-7-5-13(6-8-14)12-29(23,24)19(20(21)22)11-16-17(27-3)9-15(26-2)10-18(16)28-4/h5-11H,12H2,1-4H3. The number of hydrogen-bond donors (Lipinski definition) is 0. The predicted molar refractivity (Wildman–Crippen MR) is 107 cm³/mol. The zero-order valence-corrected chi connectivity index (χ0v) is 17.2. The SMILES string of the molecule is COc1ccc(CS(=O)(=O)C(=Cc2c(OC)cc(OC)cc2OC)[N+](=O)[O-])cc1. The summed E-state index contributed by atoms with van der Waals surface area (Å²) in [5.41, 5.74) is 0.494. The number of methoxy groups -OCH3 is 4. The number of sulfone groups is 1. The predicted octanol–water partition coefficient (Wildman–Crippen LogP) is 2.91. The van der Waals surface area contributed by atoms with Gasteiger partial charge in [-0.15, -0.1) is 0 Å². The second kappa shape index (κ2) is 9.28. The number of ether oxygens (including phenoxy) is 4. The van der Waals surface area contributed by atoms with E-state index in [2.05, 4.69) is 0 Å². The average Bonchev–Trinajstić information content (AvgIpc) is 2.71. The summed E-state index contributed by atoms with van der Waals surface area (Å²) in [4.78, 5) is 10.7. The summed E-state index contributed by atoms with van der Waals surface area (Å²) in [7, 11) is 1.34. The molecule has 0 bridgehead atoms. The third kappa shape index (κ3) is 5.17. The first-order valence-corrected chi connectivity index (χ1v) is 9.92. The molecule has 0 radical (unpaired) electrons. The van der Waals surface area contributed by atoms with Gasteiger partial charge in [0.15, 0.2) is 0 Å². The van der Waals surface area contributed by atoms with Crippen molar-refractivity contribution in [1.29, 1.82) is 0 Å². The van der Waals surface area contributed by atoms with E-state index in [0.29, 0.717) is 17.1 Å². The van der Waals surface area contributed by atoms with Crippen LogP contribution in [-0.2, 0) is 15.6 Å². The Morgan fingerprint density at radius 2 is 1.45 bits per heavy atom. The summed E-state index contributed by atoms with van der Waals surface area (Å²) >= 11 is 0. The Hall–Kier alpha value is -3.27. The van der Waals surface area contributed by atoms with E-state index in [1.807, 2.05) is 0 Å². The molecule has 0 amide bonds. The smallest absolute Gasteiger partial charge is 0.360 e. The number of nitro groups is 1. The Kier molecular flexibility index (Phi) is 7.05. The highest BCUT2D eigenvalue weighted by atomic mass is 32.2. The second-order valence-corrected chi connectivity index (χ2v) is 7.73. The van der Waals surface area contributed by atoms with Crippen LogP contribution in [0, 0.1) is 10.1 Å². The normalized spacial score (nSPS) is 11.7. The first-order valence-electron chi connectivity index (χ1n) is 8.27. The van der Waals surface area contributed by atoms with Gasteiger partial charge in [0.1, 0.15) is 23.0 Å². The van der Waals surface area contributed by atoms with E-state index in [-0.39, 0.29) is 17.1 Å². The van der Waals surface area contributed by atoms with Gasteiger partial charge in [0.2, 0.25) is 9.84 Å². The lowest BCUT2D eigenvalue weighted by Gasteiger charge is -2.12. The van der Waals surface area contributed by atoms with Gasteiger partial charge in [0.25, 0.3) is 0 Å². The Morgan fingerprint density at radius 3 is 1.86 bits per heavy atom. The van der Waals surface area contributed by atoms with Gasteiger partial charge in [0, 0.05) is 18.2 Å². The lowest BCUT2D eigenvalue weighted by Crippen LogP contribution is -2.14. The van der Waals surface area contributed by atoms with Crippen molar-refractivity contribution >= 4 is 15.9 Å². The summed E-state index contributed by atoms with van der Waals surface area (Å²) in [6, 6.07) is 9.17. The van der Waals surface area contributed by atoms with Crippen molar-refractivity contribution in [3.8, 4) is 23.0 Å². The first kappa shape index (κ1) is 22.0. The molecule has 0 N–H and O–H groups in total. The van der Waals surface area contributed by atoms with Crippen LogP contribution in [0.4, 0.5) is 0 Å². The molecule has 0 saturated carbocycles. The lowest BCUT2D eigenvalue weighted by molar-refractivity contribution is -0.410. The van der Waals surface area contributed by atoms with Crippen LogP contribution in [0.2, 0.25) is 0 Å². The molecule has 2 rings (SSSR count). The maximum Gasteiger partial charge on any atom is 0.360 e. The quantitative estimate of drug-likeness (QED) is 0.447. The van der Waals surface area contributed by atoms with Gasteiger partial charge in [-0.25, -0.2) is 8.42 Å².